The van der Waals surface area contributed by atoms with Crippen LogP contribution in [0.3, 0.4) is 0 Å². The Hall–Kier alpha value is -1.91. The van der Waals surface area contributed by atoms with Gasteiger partial charge in [-0.05, 0) is 50.3 Å². The Bertz CT molecular complexity index is 598. The van der Waals surface area contributed by atoms with Crippen molar-refractivity contribution in [2.75, 3.05) is 11.4 Å². The Morgan fingerprint density at radius 3 is 2.70 bits per heavy atom. The molecule has 5 heteroatoms. The van der Waals surface area contributed by atoms with E-state index >= 15 is 0 Å². The van der Waals surface area contributed by atoms with Crippen molar-refractivity contribution in [3.05, 3.63) is 29.6 Å². The molecule has 0 aromatic heterocycles. The number of rotatable bonds is 2. The number of hydrogen-bond acceptors (Lipinski definition) is 2. The second kappa shape index (κ2) is 4.30. The van der Waals surface area contributed by atoms with E-state index in [0.717, 1.165) is 18.4 Å². The number of carbonyl (C=O) groups excluding carboxylic acids is 2. The van der Waals surface area contributed by atoms with E-state index in [1.807, 2.05) is 6.92 Å². The van der Waals surface area contributed by atoms with Crippen LogP contribution >= 0.6 is 0 Å². The van der Waals surface area contributed by atoms with E-state index in [9.17, 15) is 14.0 Å². The van der Waals surface area contributed by atoms with Crippen LogP contribution in [0.1, 0.15) is 25.3 Å². The predicted molar refractivity (Wildman–Crippen MR) is 72.8 cm³/mol. The van der Waals surface area contributed by atoms with Gasteiger partial charge in [0, 0.05) is 0 Å². The molecule has 1 aliphatic heterocycles. The van der Waals surface area contributed by atoms with Crippen LogP contribution in [0.4, 0.5) is 10.1 Å². The lowest BCUT2D eigenvalue weighted by Crippen LogP contribution is -2.66. The second-order valence-corrected chi connectivity index (χ2v) is 5.87. The first-order chi connectivity index (χ1) is 9.41. The van der Waals surface area contributed by atoms with Crippen molar-refractivity contribution < 1.29 is 14.0 Å². The highest BCUT2D eigenvalue weighted by molar-refractivity contribution is 6.09. The van der Waals surface area contributed by atoms with E-state index in [1.54, 1.807) is 19.1 Å². The molecule has 1 aliphatic carbocycles. The van der Waals surface area contributed by atoms with Crippen LogP contribution in [0.15, 0.2) is 18.2 Å². The number of amides is 2. The highest BCUT2D eigenvalue weighted by atomic mass is 19.1. The van der Waals surface area contributed by atoms with Crippen LogP contribution in [0.25, 0.3) is 0 Å². The number of aryl methyl sites for hydroxylation is 1. The zero-order valence-corrected chi connectivity index (χ0v) is 11.6. The molecule has 0 bridgehead atoms. The molecule has 4 nitrogen and oxygen atoms in total. The third kappa shape index (κ3) is 1.97. The maximum atomic E-state index is 14.0. The largest absolute Gasteiger partial charge is 0.340 e. The smallest absolute Gasteiger partial charge is 0.253 e. The molecule has 0 spiro atoms. The van der Waals surface area contributed by atoms with Gasteiger partial charge in [-0.1, -0.05) is 6.07 Å². The molecule has 20 heavy (non-hydrogen) atoms. The van der Waals surface area contributed by atoms with Gasteiger partial charge in [0.15, 0.2) is 0 Å². The highest BCUT2D eigenvalue weighted by Gasteiger charge is 2.53. The summed E-state index contributed by atoms with van der Waals surface area (Å²) in [5.41, 5.74) is 0.149. The van der Waals surface area contributed by atoms with Crippen LogP contribution in [0.2, 0.25) is 0 Å². The molecular formula is C15H17FN2O2. The summed E-state index contributed by atoms with van der Waals surface area (Å²) in [5.74, 6) is -0.768. The number of anilines is 1. The molecule has 2 aliphatic rings. The van der Waals surface area contributed by atoms with Crippen molar-refractivity contribution in [2.24, 2.45) is 5.92 Å². The van der Waals surface area contributed by atoms with Crippen LogP contribution in [0, 0.1) is 18.7 Å². The number of halogens is 1. The molecule has 1 unspecified atom stereocenters. The van der Waals surface area contributed by atoms with E-state index in [2.05, 4.69) is 5.32 Å². The first-order valence-electron chi connectivity index (χ1n) is 6.81. The van der Waals surface area contributed by atoms with Gasteiger partial charge in [-0.25, -0.2) is 4.39 Å². The van der Waals surface area contributed by atoms with Gasteiger partial charge in [0.2, 0.25) is 5.91 Å². The summed E-state index contributed by atoms with van der Waals surface area (Å²) >= 11 is 0. The Balaban J connectivity index is 2.01. The fraction of sp³-hybridized carbons (Fsp3) is 0.467. The average Bonchev–Trinajstić information content (AvgIpc) is 3.21. The van der Waals surface area contributed by atoms with Crippen LogP contribution in [-0.2, 0) is 9.59 Å². The van der Waals surface area contributed by atoms with Gasteiger partial charge in [-0.2, -0.15) is 0 Å². The van der Waals surface area contributed by atoms with Crippen molar-refractivity contribution in [3.8, 4) is 0 Å². The molecule has 1 saturated carbocycles. The van der Waals surface area contributed by atoms with Gasteiger partial charge < -0.3 is 5.32 Å². The molecule has 0 radical (unpaired) electrons. The van der Waals surface area contributed by atoms with Gasteiger partial charge in [0.1, 0.15) is 17.9 Å². The number of nitrogens with one attached hydrogen (secondary N) is 1. The Labute approximate surface area is 117 Å². The summed E-state index contributed by atoms with van der Waals surface area (Å²) in [7, 11) is 0. The topological polar surface area (TPSA) is 49.4 Å². The molecule has 2 amide bonds. The summed E-state index contributed by atoms with van der Waals surface area (Å²) < 4.78 is 14.0. The lowest BCUT2D eigenvalue weighted by molar-refractivity contribution is -0.136. The quantitative estimate of drug-likeness (QED) is 0.895. The summed E-state index contributed by atoms with van der Waals surface area (Å²) in [5, 5.41) is 2.79. The normalized spacial score (nSPS) is 26.6. The lowest BCUT2D eigenvalue weighted by atomic mass is 9.91. The van der Waals surface area contributed by atoms with Gasteiger partial charge in [0.05, 0.1) is 5.69 Å². The maximum absolute atomic E-state index is 14.0. The Kier molecular flexibility index (Phi) is 2.81. The first-order valence-corrected chi connectivity index (χ1v) is 6.81. The first kappa shape index (κ1) is 13.1. The van der Waals surface area contributed by atoms with E-state index in [-0.39, 0.29) is 30.0 Å². The molecule has 3 rings (SSSR count). The van der Waals surface area contributed by atoms with Gasteiger partial charge in [0.25, 0.3) is 5.91 Å². The molecule has 106 valence electrons. The summed E-state index contributed by atoms with van der Waals surface area (Å²) in [4.78, 5) is 25.9. The van der Waals surface area contributed by atoms with Crippen molar-refractivity contribution in [1.29, 1.82) is 0 Å². The summed E-state index contributed by atoms with van der Waals surface area (Å²) in [6.07, 6.45) is 1.85. The van der Waals surface area contributed by atoms with Crippen LogP contribution < -0.4 is 10.2 Å². The van der Waals surface area contributed by atoms with E-state index in [4.69, 9.17) is 0 Å². The predicted octanol–water partition coefficient (Wildman–Crippen LogP) is 1.77. The fourth-order valence-corrected chi connectivity index (χ4v) is 2.84. The van der Waals surface area contributed by atoms with Crippen molar-refractivity contribution >= 4 is 17.5 Å². The highest BCUT2D eigenvalue weighted by Crippen LogP contribution is 2.42. The number of hydrogen-bond donors (Lipinski definition) is 1. The molecule has 1 heterocycles. The number of carbonyl (C=O) groups is 2. The minimum Gasteiger partial charge on any atom is -0.340 e. The summed E-state index contributed by atoms with van der Waals surface area (Å²) in [6.45, 7) is 3.45. The molecule has 1 aromatic carbocycles. The van der Waals surface area contributed by atoms with Gasteiger partial charge in [-0.15, -0.1) is 0 Å². The monoisotopic (exact) mass is 276 g/mol. The van der Waals surface area contributed by atoms with Gasteiger partial charge >= 0.3 is 0 Å². The van der Waals surface area contributed by atoms with Gasteiger partial charge in [-0.3, -0.25) is 14.5 Å². The molecule has 2 fully saturated rings. The maximum Gasteiger partial charge on any atom is 0.253 e. The molecule has 1 saturated heterocycles. The van der Waals surface area contributed by atoms with Crippen molar-refractivity contribution in [2.45, 2.75) is 32.2 Å². The Morgan fingerprint density at radius 2 is 2.05 bits per heavy atom. The molecule has 1 N–H and O–H groups in total. The molecular weight excluding hydrogens is 259 g/mol. The average molecular weight is 276 g/mol. The molecule has 1 atom stereocenters. The van der Waals surface area contributed by atoms with Crippen LogP contribution in [-0.4, -0.2) is 23.9 Å². The molecule has 1 aromatic rings. The number of benzene rings is 1. The zero-order chi connectivity index (χ0) is 14.5. The third-order valence-corrected chi connectivity index (χ3v) is 4.18. The minimum atomic E-state index is -0.897. The van der Waals surface area contributed by atoms with Crippen molar-refractivity contribution in [3.63, 3.8) is 0 Å². The van der Waals surface area contributed by atoms with E-state index in [1.165, 1.54) is 11.0 Å². The van der Waals surface area contributed by atoms with E-state index in [0.29, 0.717) is 0 Å². The minimum absolute atomic E-state index is 0.123. The van der Waals surface area contributed by atoms with Crippen molar-refractivity contribution in [1.82, 2.24) is 5.32 Å². The standard InChI is InChI=1S/C15H17FN2O2/c1-9-3-6-11(16)12(7-9)18-8-13(19)17-15(2,14(18)20)10-4-5-10/h3,6-7,10H,4-5,8H2,1-2H3,(H,17,19). The summed E-state index contributed by atoms with van der Waals surface area (Å²) in [6, 6.07) is 4.59. The zero-order valence-electron chi connectivity index (χ0n) is 11.6. The Morgan fingerprint density at radius 1 is 1.35 bits per heavy atom. The second-order valence-electron chi connectivity index (χ2n) is 5.87. The third-order valence-electron chi connectivity index (χ3n) is 4.18. The fourth-order valence-electron chi connectivity index (χ4n) is 2.84. The number of nitrogens with zero attached hydrogens (tertiary/aromatic N) is 1. The number of piperazine rings is 1. The SMILES string of the molecule is Cc1ccc(F)c(N2CC(=O)NC(C)(C3CC3)C2=O)c1. The lowest BCUT2D eigenvalue weighted by Gasteiger charge is -2.40. The van der Waals surface area contributed by atoms with Crippen LogP contribution in [0.5, 0.6) is 0 Å². The van der Waals surface area contributed by atoms with E-state index < -0.39 is 11.4 Å².